The maximum Gasteiger partial charge on any atom is 0.238 e. The fourth-order valence-corrected chi connectivity index (χ4v) is 8.70. The van der Waals surface area contributed by atoms with Gasteiger partial charge in [0, 0.05) is 27.3 Å². The first-order valence-corrected chi connectivity index (χ1v) is 17.9. The second-order valence-electron chi connectivity index (χ2n) is 14.4. The zero-order valence-corrected chi connectivity index (χ0v) is 28.8. The summed E-state index contributed by atoms with van der Waals surface area (Å²) in [6.07, 6.45) is 0. The molecule has 0 bridgehead atoms. The number of hydrogen-bond donors (Lipinski definition) is 0. The third-order valence-electron chi connectivity index (χ3n) is 11.2. The molecule has 0 fully saturated rings. The standard InChI is InChI=1S/C48H32N4/c1-48(2)41-26-37-34-22-12-10-20-32(34)31-19-9-11-21-33(31)36(37)25-38(41)39-28-44-40(27-42(39)48)35-23-13-14-24-43(35)52(44)47-50-45(29-15-5-3-6-16-29)49-46(51-47)30-17-7-4-8-18-30/h3-28H,1-2H3. The van der Waals surface area contributed by atoms with Crippen molar-refractivity contribution in [3.05, 3.63) is 169 Å². The molecule has 2 aromatic heterocycles. The summed E-state index contributed by atoms with van der Waals surface area (Å²) >= 11 is 0. The third-order valence-corrected chi connectivity index (χ3v) is 11.2. The predicted octanol–water partition coefficient (Wildman–Crippen LogP) is 12.1. The lowest BCUT2D eigenvalue weighted by Gasteiger charge is -2.22. The van der Waals surface area contributed by atoms with E-state index in [9.17, 15) is 0 Å². The molecule has 4 nitrogen and oxygen atoms in total. The summed E-state index contributed by atoms with van der Waals surface area (Å²) in [5, 5.41) is 10.1. The van der Waals surface area contributed by atoms with E-state index in [0.29, 0.717) is 17.6 Å². The minimum Gasteiger partial charge on any atom is -0.278 e. The van der Waals surface area contributed by atoms with E-state index in [2.05, 4.69) is 140 Å². The summed E-state index contributed by atoms with van der Waals surface area (Å²) in [6, 6.07) is 56.4. The molecular weight excluding hydrogens is 633 g/mol. The zero-order valence-electron chi connectivity index (χ0n) is 28.8. The highest BCUT2D eigenvalue weighted by molar-refractivity contribution is 6.26. The summed E-state index contributed by atoms with van der Waals surface area (Å²) in [5.41, 5.74) is 9.10. The maximum atomic E-state index is 5.18. The normalized spacial score (nSPS) is 13.3. The van der Waals surface area contributed by atoms with E-state index in [0.717, 1.165) is 22.2 Å². The highest BCUT2D eigenvalue weighted by Crippen LogP contribution is 2.53. The van der Waals surface area contributed by atoms with E-state index in [4.69, 9.17) is 15.0 Å². The topological polar surface area (TPSA) is 43.6 Å². The molecule has 10 aromatic rings. The molecule has 2 heterocycles. The van der Waals surface area contributed by atoms with Crippen LogP contribution in [0.15, 0.2) is 158 Å². The Morgan fingerprint density at radius 3 is 1.40 bits per heavy atom. The number of fused-ring (bicyclic) bond motifs is 12. The molecule has 0 saturated heterocycles. The molecule has 0 saturated carbocycles. The molecule has 0 unspecified atom stereocenters. The fourth-order valence-electron chi connectivity index (χ4n) is 8.70. The van der Waals surface area contributed by atoms with Crippen LogP contribution in [0.4, 0.5) is 0 Å². The number of para-hydroxylation sites is 1. The molecule has 52 heavy (non-hydrogen) atoms. The van der Waals surface area contributed by atoms with Crippen LogP contribution in [0.25, 0.3) is 94.0 Å². The first kappa shape index (κ1) is 29.1. The quantitative estimate of drug-likeness (QED) is 0.177. The Labute approximate surface area is 300 Å². The van der Waals surface area contributed by atoms with Gasteiger partial charge < -0.3 is 0 Å². The molecule has 244 valence electrons. The van der Waals surface area contributed by atoms with Gasteiger partial charge in [-0.05, 0) is 84.9 Å². The summed E-state index contributed by atoms with van der Waals surface area (Å²) in [5.74, 6) is 1.90. The molecule has 11 rings (SSSR count). The smallest absolute Gasteiger partial charge is 0.238 e. The molecular formula is C48H32N4. The van der Waals surface area contributed by atoms with Gasteiger partial charge >= 0.3 is 0 Å². The molecule has 1 aliphatic rings. The van der Waals surface area contributed by atoms with E-state index >= 15 is 0 Å². The Morgan fingerprint density at radius 1 is 0.385 bits per heavy atom. The van der Waals surface area contributed by atoms with Crippen molar-refractivity contribution < 1.29 is 0 Å². The summed E-state index contributed by atoms with van der Waals surface area (Å²) < 4.78 is 2.24. The second-order valence-corrected chi connectivity index (χ2v) is 14.4. The maximum absolute atomic E-state index is 5.18. The number of nitrogens with zero attached hydrogens (tertiary/aromatic N) is 4. The molecule has 8 aromatic carbocycles. The van der Waals surface area contributed by atoms with Crippen LogP contribution in [0.2, 0.25) is 0 Å². The van der Waals surface area contributed by atoms with E-state index in [1.54, 1.807) is 0 Å². The van der Waals surface area contributed by atoms with Crippen molar-refractivity contribution in [3.63, 3.8) is 0 Å². The SMILES string of the molecule is CC1(C)c2cc3c4ccccc4c4ccccc4c3cc2-c2cc3c(cc21)c1ccccc1n3-c1nc(-c2ccccc2)nc(-c2ccccc2)n1. The van der Waals surface area contributed by atoms with Crippen LogP contribution < -0.4 is 0 Å². The Morgan fingerprint density at radius 2 is 0.827 bits per heavy atom. The minimum absolute atomic E-state index is 0.197. The van der Waals surface area contributed by atoms with Gasteiger partial charge in [0.15, 0.2) is 11.6 Å². The van der Waals surface area contributed by atoms with Crippen molar-refractivity contribution in [1.82, 2.24) is 19.5 Å². The highest BCUT2D eigenvalue weighted by Gasteiger charge is 2.37. The van der Waals surface area contributed by atoms with E-state index in [-0.39, 0.29) is 5.41 Å². The molecule has 1 aliphatic carbocycles. The van der Waals surface area contributed by atoms with Crippen molar-refractivity contribution >= 4 is 54.1 Å². The van der Waals surface area contributed by atoms with Crippen LogP contribution in [-0.4, -0.2) is 19.5 Å². The predicted molar refractivity (Wildman–Crippen MR) is 215 cm³/mol. The van der Waals surface area contributed by atoms with Gasteiger partial charge in [-0.15, -0.1) is 0 Å². The Hall–Kier alpha value is -6.65. The van der Waals surface area contributed by atoms with Crippen LogP contribution in [0, 0.1) is 0 Å². The van der Waals surface area contributed by atoms with Crippen molar-refractivity contribution in [2.75, 3.05) is 0 Å². The number of benzene rings is 8. The van der Waals surface area contributed by atoms with E-state index in [1.807, 2.05) is 36.4 Å². The third kappa shape index (κ3) is 4.06. The number of hydrogen-bond acceptors (Lipinski definition) is 3. The summed E-state index contributed by atoms with van der Waals surface area (Å²) in [6.45, 7) is 4.75. The van der Waals surface area contributed by atoms with Crippen molar-refractivity contribution in [2.24, 2.45) is 0 Å². The van der Waals surface area contributed by atoms with Gasteiger partial charge in [0.2, 0.25) is 5.95 Å². The monoisotopic (exact) mass is 664 g/mol. The molecule has 0 N–H and O–H groups in total. The molecule has 0 atom stereocenters. The lowest BCUT2D eigenvalue weighted by atomic mass is 9.81. The lowest BCUT2D eigenvalue weighted by molar-refractivity contribution is 0.662. The van der Waals surface area contributed by atoms with Crippen molar-refractivity contribution in [2.45, 2.75) is 19.3 Å². The van der Waals surface area contributed by atoms with Crippen molar-refractivity contribution in [1.29, 1.82) is 0 Å². The molecule has 0 amide bonds. The Bertz CT molecular complexity index is 3030. The average molecular weight is 665 g/mol. The zero-order chi connectivity index (χ0) is 34.6. The van der Waals surface area contributed by atoms with Gasteiger partial charge in [0.25, 0.3) is 0 Å². The molecule has 0 aliphatic heterocycles. The average Bonchev–Trinajstić information content (AvgIpc) is 3.64. The lowest BCUT2D eigenvalue weighted by Crippen LogP contribution is -2.15. The Kier molecular flexibility index (Phi) is 5.98. The first-order valence-electron chi connectivity index (χ1n) is 17.9. The van der Waals surface area contributed by atoms with Gasteiger partial charge in [-0.3, -0.25) is 4.57 Å². The highest BCUT2D eigenvalue weighted by atomic mass is 15.2. The second kappa shape index (κ2) is 10.7. The van der Waals surface area contributed by atoms with Gasteiger partial charge in [-0.25, -0.2) is 4.98 Å². The van der Waals surface area contributed by atoms with Gasteiger partial charge in [0.1, 0.15) is 0 Å². The van der Waals surface area contributed by atoms with Gasteiger partial charge in [0.05, 0.1) is 11.0 Å². The number of rotatable bonds is 3. The summed E-state index contributed by atoms with van der Waals surface area (Å²) in [7, 11) is 0. The Balaban J connectivity index is 1.23. The van der Waals surface area contributed by atoms with Gasteiger partial charge in [-0.2, -0.15) is 9.97 Å². The molecule has 4 heteroatoms. The number of aromatic nitrogens is 4. The van der Waals surface area contributed by atoms with E-state index < -0.39 is 0 Å². The van der Waals surface area contributed by atoms with Crippen LogP contribution in [0.5, 0.6) is 0 Å². The van der Waals surface area contributed by atoms with E-state index in [1.165, 1.54) is 65.3 Å². The largest absolute Gasteiger partial charge is 0.278 e. The van der Waals surface area contributed by atoms with Crippen LogP contribution in [0.1, 0.15) is 25.0 Å². The first-order chi connectivity index (χ1) is 25.5. The van der Waals surface area contributed by atoms with Crippen LogP contribution in [-0.2, 0) is 5.41 Å². The van der Waals surface area contributed by atoms with Crippen LogP contribution >= 0.6 is 0 Å². The molecule has 0 radical (unpaired) electrons. The summed E-state index contributed by atoms with van der Waals surface area (Å²) in [4.78, 5) is 15.4. The van der Waals surface area contributed by atoms with Crippen molar-refractivity contribution in [3.8, 4) is 39.9 Å². The fraction of sp³-hybridized carbons (Fsp3) is 0.0625. The molecule has 0 spiro atoms. The van der Waals surface area contributed by atoms with Crippen LogP contribution in [0.3, 0.4) is 0 Å². The minimum atomic E-state index is -0.197. The van der Waals surface area contributed by atoms with Gasteiger partial charge in [-0.1, -0.05) is 141 Å².